The Kier molecular flexibility index (Phi) is 5.01. The lowest BCUT2D eigenvalue weighted by atomic mass is 10.3. The fourth-order valence-electron chi connectivity index (χ4n) is 2.33. The van der Waals surface area contributed by atoms with E-state index in [1.54, 1.807) is 22.6 Å². The molecule has 1 saturated heterocycles. The lowest BCUT2D eigenvalue weighted by molar-refractivity contribution is 0.410. The summed E-state index contributed by atoms with van der Waals surface area (Å²) in [6, 6.07) is 7.59. The van der Waals surface area contributed by atoms with Gasteiger partial charge in [-0.2, -0.15) is 9.97 Å². The van der Waals surface area contributed by atoms with Crippen molar-refractivity contribution in [2.24, 2.45) is 0 Å². The van der Waals surface area contributed by atoms with Gasteiger partial charge in [-0.25, -0.2) is 8.81 Å². The first-order valence-electron chi connectivity index (χ1n) is 7.67. The van der Waals surface area contributed by atoms with E-state index in [0.717, 1.165) is 32.0 Å². The smallest absolute Gasteiger partial charge is 0.230 e. The Morgan fingerprint density at radius 3 is 2.38 bits per heavy atom. The lowest BCUT2D eigenvalue weighted by Gasteiger charge is -2.31. The first-order chi connectivity index (χ1) is 11.5. The van der Waals surface area contributed by atoms with Gasteiger partial charge in [0, 0.05) is 46.3 Å². The van der Waals surface area contributed by atoms with Crippen molar-refractivity contribution in [2.45, 2.75) is 0 Å². The molecule has 1 fully saturated rings. The van der Waals surface area contributed by atoms with Crippen molar-refractivity contribution in [1.29, 1.82) is 0 Å². The van der Waals surface area contributed by atoms with Crippen LogP contribution in [-0.2, 0) is 0 Å². The highest BCUT2D eigenvalue weighted by molar-refractivity contribution is 6.13. The van der Waals surface area contributed by atoms with Crippen molar-refractivity contribution in [3.05, 3.63) is 36.1 Å². The second kappa shape index (κ2) is 7.19. The first-order valence-corrected chi connectivity index (χ1v) is 8.00. The maximum absolute atomic E-state index is 13.0. The molecule has 0 aliphatic carbocycles. The zero-order chi connectivity index (χ0) is 17.1. The SMILES string of the molecule is CN(C)c1cc(Oc2ccc(F)cc2)nc(N2CCN(Cl)CC2)n1. The number of rotatable bonds is 4. The highest BCUT2D eigenvalue weighted by Crippen LogP contribution is 2.26. The zero-order valence-electron chi connectivity index (χ0n) is 13.6. The standard InChI is InChI=1S/C16H19ClFN5O/c1-21(2)14-11-15(24-13-5-3-12(18)4-6-13)20-16(19-14)22-7-9-23(17)10-8-22/h3-6,11H,7-10H2,1-2H3. The number of hydrogen-bond donors (Lipinski definition) is 0. The molecule has 6 nitrogen and oxygen atoms in total. The van der Waals surface area contributed by atoms with E-state index >= 15 is 0 Å². The van der Waals surface area contributed by atoms with Gasteiger partial charge >= 0.3 is 0 Å². The van der Waals surface area contributed by atoms with Crippen molar-refractivity contribution < 1.29 is 9.13 Å². The van der Waals surface area contributed by atoms with Crippen molar-refractivity contribution >= 4 is 23.5 Å². The fraction of sp³-hybridized carbons (Fsp3) is 0.375. The Morgan fingerprint density at radius 1 is 1.08 bits per heavy atom. The Hall–Kier alpha value is -2.12. The van der Waals surface area contributed by atoms with Gasteiger partial charge in [-0.1, -0.05) is 0 Å². The molecule has 0 atom stereocenters. The van der Waals surface area contributed by atoms with Crippen LogP contribution in [0.2, 0.25) is 0 Å². The predicted molar refractivity (Wildman–Crippen MR) is 92.5 cm³/mol. The minimum Gasteiger partial charge on any atom is -0.439 e. The van der Waals surface area contributed by atoms with E-state index in [1.165, 1.54) is 12.1 Å². The van der Waals surface area contributed by atoms with Crippen molar-refractivity contribution in [1.82, 2.24) is 14.4 Å². The summed E-state index contributed by atoms with van der Waals surface area (Å²) in [7, 11) is 3.81. The van der Waals surface area contributed by atoms with Crippen LogP contribution < -0.4 is 14.5 Å². The monoisotopic (exact) mass is 351 g/mol. The second-order valence-corrected chi connectivity index (χ2v) is 6.19. The van der Waals surface area contributed by atoms with Gasteiger partial charge in [0.25, 0.3) is 0 Å². The number of nitrogens with zero attached hydrogens (tertiary/aromatic N) is 5. The predicted octanol–water partition coefficient (Wildman–Crippen LogP) is 2.75. The number of benzene rings is 1. The van der Waals surface area contributed by atoms with E-state index in [1.807, 2.05) is 19.0 Å². The highest BCUT2D eigenvalue weighted by atomic mass is 35.5. The molecule has 1 aromatic heterocycles. The zero-order valence-corrected chi connectivity index (χ0v) is 14.4. The number of piperazine rings is 1. The molecule has 1 aliphatic heterocycles. The molecule has 0 unspecified atom stereocenters. The van der Waals surface area contributed by atoms with Crippen LogP contribution in [0.5, 0.6) is 11.6 Å². The van der Waals surface area contributed by atoms with Gasteiger partial charge < -0.3 is 14.5 Å². The van der Waals surface area contributed by atoms with E-state index in [4.69, 9.17) is 16.5 Å². The summed E-state index contributed by atoms with van der Waals surface area (Å²) >= 11 is 6.00. The topological polar surface area (TPSA) is 44.7 Å². The second-order valence-electron chi connectivity index (χ2n) is 5.71. The molecule has 1 aromatic carbocycles. The van der Waals surface area contributed by atoms with Gasteiger partial charge in [0.2, 0.25) is 11.8 Å². The van der Waals surface area contributed by atoms with E-state index < -0.39 is 0 Å². The molecule has 0 N–H and O–H groups in total. The quantitative estimate of drug-likeness (QED) is 0.789. The van der Waals surface area contributed by atoms with Crippen molar-refractivity contribution in [2.75, 3.05) is 50.1 Å². The van der Waals surface area contributed by atoms with Crippen LogP contribution in [0.1, 0.15) is 0 Å². The van der Waals surface area contributed by atoms with Gasteiger partial charge in [0.05, 0.1) is 0 Å². The van der Waals surface area contributed by atoms with Crippen LogP contribution in [0.4, 0.5) is 16.2 Å². The molecule has 128 valence electrons. The van der Waals surface area contributed by atoms with Gasteiger partial charge in [-0.05, 0) is 36.0 Å². The summed E-state index contributed by atoms with van der Waals surface area (Å²) in [6.07, 6.45) is 0. The average Bonchev–Trinajstić information content (AvgIpc) is 2.57. The van der Waals surface area contributed by atoms with Crippen LogP contribution >= 0.6 is 11.8 Å². The largest absolute Gasteiger partial charge is 0.439 e. The third kappa shape index (κ3) is 4.04. The molecule has 0 saturated carbocycles. The molecule has 0 spiro atoms. The van der Waals surface area contributed by atoms with Crippen LogP contribution in [0.3, 0.4) is 0 Å². The molecular weight excluding hydrogens is 333 g/mol. The minimum absolute atomic E-state index is 0.307. The van der Waals surface area contributed by atoms with Gasteiger partial charge in [-0.15, -0.1) is 0 Å². The summed E-state index contributed by atoms with van der Waals surface area (Å²) in [4.78, 5) is 13.0. The maximum Gasteiger partial charge on any atom is 0.230 e. The highest BCUT2D eigenvalue weighted by Gasteiger charge is 2.19. The van der Waals surface area contributed by atoms with Gasteiger partial charge in [0.15, 0.2) is 0 Å². The van der Waals surface area contributed by atoms with E-state index in [2.05, 4.69) is 14.9 Å². The molecule has 2 aromatic rings. The molecule has 0 amide bonds. The Labute approximate surface area is 145 Å². The Morgan fingerprint density at radius 2 is 1.75 bits per heavy atom. The van der Waals surface area contributed by atoms with E-state index in [0.29, 0.717) is 17.6 Å². The lowest BCUT2D eigenvalue weighted by Crippen LogP contribution is -2.43. The van der Waals surface area contributed by atoms with E-state index in [9.17, 15) is 4.39 Å². The molecule has 1 aliphatic rings. The van der Waals surface area contributed by atoms with Crippen LogP contribution in [0.15, 0.2) is 30.3 Å². The summed E-state index contributed by atoms with van der Waals surface area (Å²) in [6.45, 7) is 2.98. The van der Waals surface area contributed by atoms with Crippen molar-refractivity contribution in [3.63, 3.8) is 0 Å². The van der Waals surface area contributed by atoms with Crippen LogP contribution in [0.25, 0.3) is 0 Å². The summed E-state index contributed by atoms with van der Waals surface area (Å²) in [5.41, 5.74) is 0. The van der Waals surface area contributed by atoms with Crippen LogP contribution in [0, 0.1) is 5.82 Å². The molecular formula is C16H19ClFN5O. The fourth-order valence-corrected chi connectivity index (χ4v) is 2.48. The molecule has 24 heavy (non-hydrogen) atoms. The molecule has 0 radical (unpaired) electrons. The average molecular weight is 352 g/mol. The van der Waals surface area contributed by atoms with Crippen LogP contribution in [-0.4, -0.2) is 54.7 Å². The minimum atomic E-state index is -0.307. The number of ether oxygens (including phenoxy) is 1. The number of aromatic nitrogens is 2. The van der Waals surface area contributed by atoms with E-state index in [-0.39, 0.29) is 5.82 Å². The molecule has 0 bridgehead atoms. The first kappa shape index (κ1) is 16.7. The third-order valence-electron chi connectivity index (χ3n) is 3.68. The molecule has 3 rings (SSSR count). The summed E-state index contributed by atoms with van der Waals surface area (Å²) in [5, 5.41) is 0. The molecule has 2 heterocycles. The van der Waals surface area contributed by atoms with Crippen molar-refractivity contribution in [3.8, 4) is 11.6 Å². The Bertz CT molecular complexity index is 689. The summed E-state index contributed by atoms with van der Waals surface area (Å²) < 4.78 is 20.5. The number of halogens is 2. The van der Waals surface area contributed by atoms with Gasteiger partial charge in [-0.3, -0.25) is 0 Å². The third-order valence-corrected chi connectivity index (χ3v) is 4.02. The number of anilines is 2. The normalized spacial score (nSPS) is 15.4. The molecule has 8 heteroatoms. The number of hydrogen-bond acceptors (Lipinski definition) is 6. The van der Waals surface area contributed by atoms with Gasteiger partial charge in [0.1, 0.15) is 17.4 Å². The summed E-state index contributed by atoms with van der Waals surface area (Å²) in [5.74, 6) is 1.98. The Balaban J connectivity index is 1.86. The maximum atomic E-state index is 13.0.